The van der Waals surface area contributed by atoms with Crippen LogP contribution in [0.4, 0.5) is 5.69 Å². The van der Waals surface area contributed by atoms with E-state index in [1.807, 2.05) is 24.3 Å². The Bertz CT molecular complexity index is 470. The second kappa shape index (κ2) is 3.33. The van der Waals surface area contributed by atoms with E-state index in [0.717, 1.165) is 17.7 Å². The second-order valence-corrected chi connectivity index (χ2v) is 4.14. The summed E-state index contributed by atoms with van der Waals surface area (Å²) in [7, 11) is 0. The lowest BCUT2D eigenvalue weighted by Crippen LogP contribution is -2.45. The molecule has 4 heteroatoms. The topological polar surface area (TPSA) is 50.7 Å². The standard InChI is InChI=1S/C12H12N2O2/c15-11-7-12(5-6-13-11)9-3-1-2-4-10(9)14-8-16-12/h1-4,8H,5-7H2,(H,13,15). The van der Waals surface area contributed by atoms with Crippen LogP contribution in [0.5, 0.6) is 0 Å². The molecule has 1 unspecified atom stereocenters. The Hall–Kier alpha value is -1.84. The smallest absolute Gasteiger partial charge is 0.224 e. The molecule has 1 atom stereocenters. The van der Waals surface area contributed by atoms with Gasteiger partial charge in [-0.1, -0.05) is 18.2 Å². The maximum atomic E-state index is 11.5. The van der Waals surface area contributed by atoms with Crippen molar-refractivity contribution in [1.82, 2.24) is 5.32 Å². The first kappa shape index (κ1) is 9.39. The van der Waals surface area contributed by atoms with Crippen molar-refractivity contribution in [3.05, 3.63) is 29.8 Å². The van der Waals surface area contributed by atoms with Crippen LogP contribution in [0, 0.1) is 0 Å². The summed E-state index contributed by atoms with van der Waals surface area (Å²) >= 11 is 0. The van der Waals surface area contributed by atoms with Crippen LogP contribution >= 0.6 is 0 Å². The van der Waals surface area contributed by atoms with Crippen LogP contribution in [0.1, 0.15) is 18.4 Å². The fraction of sp³-hybridized carbons (Fsp3) is 0.333. The summed E-state index contributed by atoms with van der Waals surface area (Å²) in [4.78, 5) is 15.7. The van der Waals surface area contributed by atoms with Gasteiger partial charge in [0.05, 0.1) is 12.1 Å². The van der Waals surface area contributed by atoms with E-state index < -0.39 is 5.60 Å². The van der Waals surface area contributed by atoms with Crippen LogP contribution < -0.4 is 5.32 Å². The van der Waals surface area contributed by atoms with Gasteiger partial charge in [0, 0.05) is 18.5 Å². The van der Waals surface area contributed by atoms with E-state index in [-0.39, 0.29) is 5.91 Å². The van der Waals surface area contributed by atoms with E-state index in [1.165, 1.54) is 6.40 Å². The van der Waals surface area contributed by atoms with Gasteiger partial charge in [-0.2, -0.15) is 0 Å². The van der Waals surface area contributed by atoms with Gasteiger partial charge in [-0.25, -0.2) is 4.99 Å². The first-order chi connectivity index (χ1) is 7.80. The largest absolute Gasteiger partial charge is 0.471 e. The van der Waals surface area contributed by atoms with Gasteiger partial charge in [-0.3, -0.25) is 4.79 Å². The molecule has 0 aromatic heterocycles. The number of ether oxygens (including phenoxy) is 1. The molecular formula is C12H12N2O2. The van der Waals surface area contributed by atoms with Crippen LogP contribution in [0.3, 0.4) is 0 Å². The van der Waals surface area contributed by atoms with E-state index in [2.05, 4.69) is 10.3 Å². The van der Waals surface area contributed by atoms with E-state index in [9.17, 15) is 4.79 Å². The third kappa shape index (κ3) is 1.30. The fourth-order valence-electron chi connectivity index (χ4n) is 2.36. The van der Waals surface area contributed by atoms with Crippen molar-refractivity contribution < 1.29 is 9.53 Å². The number of fused-ring (bicyclic) bond motifs is 2. The number of nitrogens with zero attached hydrogens (tertiary/aromatic N) is 1. The minimum Gasteiger partial charge on any atom is -0.471 e. The average molecular weight is 216 g/mol. The van der Waals surface area contributed by atoms with Crippen molar-refractivity contribution in [1.29, 1.82) is 0 Å². The molecule has 1 aromatic rings. The number of carbonyl (C=O) groups is 1. The molecule has 2 aliphatic rings. The van der Waals surface area contributed by atoms with Crippen molar-refractivity contribution >= 4 is 18.0 Å². The third-order valence-corrected chi connectivity index (χ3v) is 3.16. The molecule has 3 rings (SSSR count). The molecule has 2 heterocycles. The highest BCUT2D eigenvalue weighted by molar-refractivity contribution is 5.80. The lowest BCUT2D eigenvalue weighted by atomic mass is 9.83. The molecule has 0 saturated carbocycles. The zero-order chi connectivity index (χ0) is 11.0. The lowest BCUT2D eigenvalue weighted by molar-refractivity contribution is -0.129. The SMILES string of the molecule is O=C1CC2(CCN1)OC=Nc1ccccc12. The predicted molar refractivity (Wildman–Crippen MR) is 59.6 cm³/mol. The Morgan fingerprint density at radius 2 is 2.25 bits per heavy atom. The van der Waals surface area contributed by atoms with Crippen LogP contribution in [0.15, 0.2) is 29.3 Å². The molecule has 2 aliphatic heterocycles. The van der Waals surface area contributed by atoms with E-state index in [4.69, 9.17) is 4.74 Å². The molecule has 4 nitrogen and oxygen atoms in total. The lowest BCUT2D eigenvalue weighted by Gasteiger charge is -2.38. The summed E-state index contributed by atoms with van der Waals surface area (Å²) < 4.78 is 5.65. The highest BCUT2D eigenvalue weighted by Gasteiger charge is 2.42. The molecule has 0 bridgehead atoms. The molecule has 1 amide bonds. The Kier molecular flexibility index (Phi) is 1.96. The first-order valence-electron chi connectivity index (χ1n) is 5.37. The minimum absolute atomic E-state index is 0.0383. The molecule has 0 aliphatic carbocycles. The summed E-state index contributed by atoms with van der Waals surface area (Å²) in [5, 5.41) is 2.82. The highest BCUT2D eigenvalue weighted by Crippen LogP contribution is 2.41. The number of aliphatic imine (C=N–C) groups is 1. The number of para-hydroxylation sites is 1. The quantitative estimate of drug-likeness (QED) is 0.714. The maximum absolute atomic E-state index is 11.5. The van der Waals surface area contributed by atoms with Crippen molar-refractivity contribution in [2.45, 2.75) is 18.4 Å². The Labute approximate surface area is 93.3 Å². The van der Waals surface area contributed by atoms with Gasteiger partial charge in [-0.05, 0) is 6.07 Å². The maximum Gasteiger partial charge on any atom is 0.224 e. The summed E-state index contributed by atoms with van der Waals surface area (Å²) in [5.41, 5.74) is 1.43. The summed E-state index contributed by atoms with van der Waals surface area (Å²) in [6, 6.07) is 7.84. The highest BCUT2D eigenvalue weighted by atomic mass is 16.5. The van der Waals surface area contributed by atoms with Gasteiger partial charge in [0.2, 0.25) is 5.91 Å². The second-order valence-electron chi connectivity index (χ2n) is 4.14. The van der Waals surface area contributed by atoms with Crippen molar-refractivity contribution in [3.8, 4) is 0 Å². The van der Waals surface area contributed by atoms with Gasteiger partial charge >= 0.3 is 0 Å². The van der Waals surface area contributed by atoms with Gasteiger partial charge in [0.15, 0.2) is 6.40 Å². The Balaban J connectivity index is 2.09. The molecule has 0 radical (unpaired) electrons. The minimum atomic E-state index is -0.499. The molecule has 16 heavy (non-hydrogen) atoms. The number of carbonyl (C=O) groups excluding carboxylic acids is 1. The monoisotopic (exact) mass is 216 g/mol. The number of hydrogen-bond donors (Lipinski definition) is 1. The van der Waals surface area contributed by atoms with Crippen molar-refractivity contribution in [2.24, 2.45) is 4.99 Å². The molecule has 1 N–H and O–H groups in total. The van der Waals surface area contributed by atoms with E-state index in [0.29, 0.717) is 13.0 Å². The van der Waals surface area contributed by atoms with Crippen LogP contribution in [0.25, 0.3) is 0 Å². The van der Waals surface area contributed by atoms with Gasteiger partial charge < -0.3 is 10.1 Å². The molecule has 82 valence electrons. The molecule has 1 fully saturated rings. The summed E-state index contributed by atoms with van der Waals surface area (Å²) in [6.45, 7) is 0.654. The summed E-state index contributed by atoms with van der Waals surface area (Å²) in [6.07, 6.45) is 2.62. The van der Waals surface area contributed by atoms with E-state index >= 15 is 0 Å². The average Bonchev–Trinajstić information content (AvgIpc) is 2.30. The van der Waals surface area contributed by atoms with Crippen LogP contribution in [-0.4, -0.2) is 18.9 Å². The number of benzene rings is 1. The first-order valence-corrected chi connectivity index (χ1v) is 5.37. The molecule has 1 saturated heterocycles. The normalized spacial score (nSPS) is 27.1. The van der Waals surface area contributed by atoms with Gasteiger partial charge in [-0.15, -0.1) is 0 Å². The number of piperidine rings is 1. The van der Waals surface area contributed by atoms with Gasteiger partial charge in [0.25, 0.3) is 0 Å². The number of hydrogen-bond acceptors (Lipinski definition) is 3. The van der Waals surface area contributed by atoms with Crippen LogP contribution in [0.2, 0.25) is 0 Å². The van der Waals surface area contributed by atoms with Crippen molar-refractivity contribution in [2.75, 3.05) is 6.54 Å². The zero-order valence-corrected chi connectivity index (χ0v) is 8.77. The number of nitrogens with one attached hydrogen (secondary N) is 1. The number of rotatable bonds is 0. The van der Waals surface area contributed by atoms with Gasteiger partial charge in [0.1, 0.15) is 5.60 Å². The Morgan fingerprint density at radius 1 is 1.38 bits per heavy atom. The predicted octanol–water partition coefficient (Wildman–Crippen LogP) is 1.48. The van der Waals surface area contributed by atoms with E-state index in [1.54, 1.807) is 0 Å². The van der Waals surface area contributed by atoms with Crippen LogP contribution in [-0.2, 0) is 15.1 Å². The molecule has 1 spiro atoms. The number of amides is 1. The third-order valence-electron chi connectivity index (χ3n) is 3.16. The zero-order valence-electron chi connectivity index (χ0n) is 8.77. The summed E-state index contributed by atoms with van der Waals surface area (Å²) in [5.74, 6) is 0.0383. The Morgan fingerprint density at radius 3 is 3.12 bits per heavy atom. The van der Waals surface area contributed by atoms with Crippen molar-refractivity contribution in [3.63, 3.8) is 0 Å². The fourth-order valence-corrected chi connectivity index (χ4v) is 2.36. The molecular weight excluding hydrogens is 204 g/mol. The molecule has 1 aromatic carbocycles.